The van der Waals surface area contributed by atoms with Crippen LogP contribution in [0.15, 0.2) is 18.2 Å². The van der Waals surface area contributed by atoms with Gasteiger partial charge in [-0.3, -0.25) is 4.79 Å². The predicted molar refractivity (Wildman–Crippen MR) is 78.3 cm³/mol. The van der Waals surface area contributed by atoms with E-state index in [0.717, 1.165) is 18.4 Å². The maximum atomic E-state index is 12.2. The molecule has 1 saturated carbocycles. The van der Waals surface area contributed by atoms with Crippen LogP contribution in [0.25, 0.3) is 0 Å². The van der Waals surface area contributed by atoms with E-state index >= 15 is 0 Å². The highest BCUT2D eigenvalue weighted by Gasteiger charge is 2.44. The van der Waals surface area contributed by atoms with Gasteiger partial charge in [-0.15, -0.1) is 0 Å². The monoisotopic (exact) mass is 300 g/mol. The number of rotatable bonds is 4. The van der Waals surface area contributed by atoms with Gasteiger partial charge in [-0.25, -0.2) is 0 Å². The first-order valence-electron chi connectivity index (χ1n) is 6.37. The average molecular weight is 301 g/mol. The summed E-state index contributed by atoms with van der Waals surface area (Å²) in [5, 5.41) is 4.05. The second kappa shape index (κ2) is 5.31. The number of hydrogen-bond acceptors (Lipinski definition) is 2. The maximum Gasteiger partial charge on any atom is 0.240 e. The Hall–Kier alpha value is -0.770. The molecule has 0 radical (unpaired) electrons. The summed E-state index contributed by atoms with van der Waals surface area (Å²) < 4.78 is 0. The fraction of sp³-hybridized carbons (Fsp3) is 0.500. The quantitative estimate of drug-likeness (QED) is 0.896. The summed E-state index contributed by atoms with van der Waals surface area (Å²) in [6.45, 7) is 3.67. The lowest BCUT2D eigenvalue weighted by molar-refractivity contribution is -0.127. The van der Waals surface area contributed by atoms with Gasteiger partial charge in [-0.05, 0) is 50.3 Å². The van der Waals surface area contributed by atoms with Crippen LogP contribution in [0.2, 0.25) is 10.0 Å². The van der Waals surface area contributed by atoms with E-state index in [1.54, 1.807) is 19.1 Å². The molecule has 0 aliphatic heterocycles. The molecule has 2 atom stereocenters. The van der Waals surface area contributed by atoms with Crippen molar-refractivity contribution < 1.29 is 4.79 Å². The highest BCUT2D eigenvalue weighted by molar-refractivity contribution is 6.35. The molecule has 0 aromatic heterocycles. The number of benzene rings is 1. The smallest absolute Gasteiger partial charge is 0.240 e. The van der Waals surface area contributed by atoms with E-state index in [-0.39, 0.29) is 11.9 Å². The largest absolute Gasteiger partial charge is 0.348 e. The Labute approximate surface area is 123 Å². The number of carbonyl (C=O) groups excluding carboxylic acids is 1. The zero-order chi connectivity index (χ0) is 14.2. The molecule has 1 aromatic carbocycles. The first-order chi connectivity index (χ1) is 8.82. The molecule has 1 aliphatic rings. The van der Waals surface area contributed by atoms with Gasteiger partial charge < -0.3 is 11.1 Å². The van der Waals surface area contributed by atoms with Crippen LogP contribution in [0.5, 0.6) is 0 Å². The summed E-state index contributed by atoms with van der Waals surface area (Å²) in [7, 11) is 0. The molecule has 0 spiro atoms. The summed E-state index contributed by atoms with van der Waals surface area (Å²) in [6, 6.07) is 5.05. The molecule has 1 amide bonds. The standard InChI is InChI=1S/C14H18Cl2N2O/c1-8(11-6-5-10(15)7-12(11)16)18-13(19)14(2,17)9-3-4-9/h5-9H,3-4,17H2,1-2H3,(H,18,19). The van der Waals surface area contributed by atoms with E-state index in [0.29, 0.717) is 16.0 Å². The molecule has 0 saturated heterocycles. The van der Waals surface area contributed by atoms with Crippen molar-refractivity contribution in [2.75, 3.05) is 0 Å². The van der Waals surface area contributed by atoms with Gasteiger partial charge in [-0.2, -0.15) is 0 Å². The molecule has 3 N–H and O–H groups in total. The first-order valence-corrected chi connectivity index (χ1v) is 7.12. The van der Waals surface area contributed by atoms with Crippen LogP contribution in [-0.2, 0) is 4.79 Å². The van der Waals surface area contributed by atoms with Crippen LogP contribution in [-0.4, -0.2) is 11.4 Å². The lowest BCUT2D eigenvalue weighted by Crippen LogP contribution is -2.53. The zero-order valence-corrected chi connectivity index (χ0v) is 12.6. The van der Waals surface area contributed by atoms with E-state index in [1.807, 2.05) is 13.0 Å². The third-order valence-corrected chi connectivity index (χ3v) is 4.25. The minimum atomic E-state index is -0.798. The number of hydrogen-bond donors (Lipinski definition) is 2. The summed E-state index contributed by atoms with van der Waals surface area (Å²) >= 11 is 12.0. The van der Waals surface area contributed by atoms with Gasteiger partial charge in [0.2, 0.25) is 5.91 Å². The minimum absolute atomic E-state index is 0.131. The Morgan fingerprint density at radius 3 is 2.63 bits per heavy atom. The molecule has 1 fully saturated rings. The normalized spacial score (nSPS) is 19.6. The van der Waals surface area contributed by atoms with Crippen LogP contribution in [0, 0.1) is 5.92 Å². The molecule has 3 nitrogen and oxygen atoms in total. The van der Waals surface area contributed by atoms with Crippen LogP contribution in [0.3, 0.4) is 0 Å². The third-order valence-electron chi connectivity index (χ3n) is 3.69. The molecule has 104 valence electrons. The summed E-state index contributed by atoms with van der Waals surface area (Å²) in [4.78, 5) is 12.2. The van der Waals surface area contributed by atoms with E-state index in [1.165, 1.54) is 0 Å². The Morgan fingerprint density at radius 1 is 1.47 bits per heavy atom. The number of amides is 1. The molecule has 1 aliphatic carbocycles. The van der Waals surface area contributed by atoms with Gasteiger partial charge >= 0.3 is 0 Å². The van der Waals surface area contributed by atoms with E-state index in [4.69, 9.17) is 28.9 Å². The first kappa shape index (κ1) is 14.6. The fourth-order valence-corrected chi connectivity index (χ4v) is 2.72. The summed E-state index contributed by atoms with van der Waals surface area (Å²) in [5.74, 6) is 0.161. The van der Waals surface area contributed by atoms with Gasteiger partial charge in [0, 0.05) is 10.0 Å². The molecule has 2 rings (SSSR count). The predicted octanol–water partition coefficient (Wildman–Crippen LogP) is 3.30. The van der Waals surface area contributed by atoms with Gasteiger partial charge in [-0.1, -0.05) is 29.3 Å². The van der Waals surface area contributed by atoms with Crippen molar-refractivity contribution in [1.82, 2.24) is 5.32 Å². The lowest BCUT2D eigenvalue weighted by Gasteiger charge is -2.26. The third kappa shape index (κ3) is 3.22. The Kier molecular flexibility index (Phi) is 4.09. The van der Waals surface area contributed by atoms with Crippen molar-refractivity contribution >= 4 is 29.1 Å². The van der Waals surface area contributed by atoms with Crippen LogP contribution in [0.1, 0.15) is 38.3 Å². The second-order valence-corrected chi connectivity index (χ2v) is 6.26. The van der Waals surface area contributed by atoms with Crippen molar-refractivity contribution in [3.63, 3.8) is 0 Å². The lowest BCUT2D eigenvalue weighted by atomic mass is 9.95. The van der Waals surface area contributed by atoms with Crippen LogP contribution in [0.4, 0.5) is 0 Å². The van der Waals surface area contributed by atoms with E-state index in [9.17, 15) is 4.79 Å². The van der Waals surface area contributed by atoms with Crippen molar-refractivity contribution in [1.29, 1.82) is 0 Å². The van der Waals surface area contributed by atoms with Gasteiger partial charge in [0.15, 0.2) is 0 Å². The van der Waals surface area contributed by atoms with E-state index in [2.05, 4.69) is 5.32 Å². The van der Waals surface area contributed by atoms with Crippen molar-refractivity contribution in [3.05, 3.63) is 33.8 Å². The molecule has 0 bridgehead atoms. The Bertz CT molecular complexity index is 498. The Morgan fingerprint density at radius 2 is 2.11 bits per heavy atom. The molecular formula is C14H18Cl2N2O. The van der Waals surface area contributed by atoms with Crippen molar-refractivity contribution in [2.24, 2.45) is 11.7 Å². The molecule has 0 heterocycles. The minimum Gasteiger partial charge on any atom is -0.348 e. The second-order valence-electron chi connectivity index (χ2n) is 5.42. The number of halogens is 2. The topological polar surface area (TPSA) is 55.1 Å². The zero-order valence-electron chi connectivity index (χ0n) is 11.0. The van der Waals surface area contributed by atoms with Crippen molar-refractivity contribution in [2.45, 2.75) is 38.3 Å². The molecule has 5 heteroatoms. The number of nitrogens with two attached hydrogens (primary N) is 1. The van der Waals surface area contributed by atoms with Gasteiger partial charge in [0.1, 0.15) is 0 Å². The molecular weight excluding hydrogens is 283 g/mol. The summed E-state index contributed by atoms with van der Waals surface area (Å²) in [6.07, 6.45) is 2.05. The fourth-order valence-electron chi connectivity index (χ4n) is 2.15. The van der Waals surface area contributed by atoms with Gasteiger partial charge in [0.25, 0.3) is 0 Å². The van der Waals surface area contributed by atoms with Gasteiger partial charge in [0.05, 0.1) is 11.6 Å². The average Bonchev–Trinajstić information content (AvgIpc) is 3.12. The SMILES string of the molecule is CC(NC(=O)C(C)(N)C1CC1)c1ccc(Cl)cc1Cl. The Balaban J connectivity index is 2.08. The molecule has 1 aromatic rings. The van der Waals surface area contributed by atoms with Crippen LogP contribution < -0.4 is 11.1 Å². The summed E-state index contributed by atoms with van der Waals surface area (Å²) in [5.41, 5.74) is 6.13. The van der Waals surface area contributed by atoms with Crippen molar-refractivity contribution in [3.8, 4) is 0 Å². The van der Waals surface area contributed by atoms with E-state index < -0.39 is 5.54 Å². The molecule has 2 unspecified atom stereocenters. The highest BCUT2D eigenvalue weighted by atomic mass is 35.5. The number of carbonyl (C=O) groups is 1. The van der Waals surface area contributed by atoms with Crippen LogP contribution >= 0.6 is 23.2 Å². The maximum absolute atomic E-state index is 12.2. The molecule has 19 heavy (non-hydrogen) atoms. The number of nitrogens with one attached hydrogen (secondary N) is 1. The highest BCUT2D eigenvalue weighted by Crippen LogP contribution is 2.38.